The van der Waals surface area contributed by atoms with Gasteiger partial charge in [-0.2, -0.15) is 5.10 Å². The van der Waals surface area contributed by atoms with Gasteiger partial charge in [-0.25, -0.2) is 0 Å². The van der Waals surface area contributed by atoms with Gasteiger partial charge in [-0.05, 0) is 26.3 Å². The number of nitrogens with one attached hydrogen (secondary N) is 2. The monoisotopic (exact) mass is 363 g/mol. The van der Waals surface area contributed by atoms with E-state index in [0.29, 0.717) is 5.92 Å². The van der Waals surface area contributed by atoms with Crippen LogP contribution < -0.4 is 10.6 Å². The molecule has 0 amide bonds. The van der Waals surface area contributed by atoms with Gasteiger partial charge in [0.25, 0.3) is 0 Å². The molecule has 0 aliphatic carbocycles. The van der Waals surface area contributed by atoms with Crippen molar-refractivity contribution in [3.63, 3.8) is 0 Å². The number of aliphatic imine (C=N–C) groups is 1. The number of aromatic nitrogens is 2. The molecular formula is C19H37N7. The average Bonchev–Trinajstić information content (AvgIpc) is 2.88. The van der Waals surface area contributed by atoms with E-state index in [1.165, 1.54) is 44.0 Å². The van der Waals surface area contributed by atoms with Crippen molar-refractivity contribution in [1.82, 2.24) is 30.2 Å². The van der Waals surface area contributed by atoms with Crippen molar-refractivity contribution in [2.75, 3.05) is 52.9 Å². The molecule has 2 N–H and O–H groups in total. The summed E-state index contributed by atoms with van der Waals surface area (Å²) in [6, 6.07) is 0. The second-order valence-corrected chi connectivity index (χ2v) is 7.42. The lowest BCUT2D eigenvalue weighted by Crippen LogP contribution is -2.48. The minimum atomic E-state index is 0.587. The zero-order valence-electron chi connectivity index (χ0n) is 17.5. The number of piperazine rings is 1. The van der Waals surface area contributed by atoms with Crippen LogP contribution in [0.15, 0.2) is 4.99 Å². The summed E-state index contributed by atoms with van der Waals surface area (Å²) >= 11 is 0. The minimum absolute atomic E-state index is 0.587. The molecule has 2 rings (SSSR count). The van der Waals surface area contributed by atoms with E-state index in [1.807, 2.05) is 18.8 Å². The van der Waals surface area contributed by atoms with Gasteiger partial charge in [-0.15, -0.1) is 0 Å². The summed E-state index contributed by atoms with van der Waals surface area (Å²) in [6.07, 6.45) is 0. The van der Waals surface area contributed by atoms with E-state index in [2.05, 4.69) is 58.2 Å². The Hall–Kier alpha value is -1.60. The molecule has 1 aromatic heterocycles. The van der Waals surface area contributed by atoms with Crippen molar-refractivity contribution < 1.29 is 0 Å². The van der Waals surface area contributed by atoms with Gasteiger partial charge in [0.05, 0.1) is 5.69 Å². The smallest absolute Gasteiger partial charge is 0.191 e. The Kier molecular flexibility index (Phi) is 7.90. The van der Waals surface area contributed by atoms with Gasteiger partial charge in [-0.1, -0.05) is 13.8 Å². The third-order valence-corrected chi connectivity index (χ3v) is 5.42. The fourth-order valence-corrected chi connectivity index (χ4v) is 3.53. The van der Waals surface area contributed by atoms with Crippen molar-refractivity contribution in [2.24, 2.45) is 18.0 Å². The molecular weight excluding hydrogens is 326 g/mol. The molecule has 0 aromatic carbocycles. The van der Waals surface area contributed by atoms with Crippen LogP contribution in [0.25, 0.3) is 0 Å². The lowest BCUT2D eigenvalue weighted by molar-refractivity contribution is 0.124. The summed E-state index contributed by atoms with van der Waals surface area (Å²) in [5.74, 6) is 1.44. The van der Waals surface area contributed by atoms with Crippen LogP contribution >= 0.6 is 0 Å². The number of nitrogens with zero attached hydrogens (tertiary/aromatic N) is 5. The molecule has 148 valence electrons. The number of likely N-dealkylation sites (N-methyl/N-ethyl adjacent to an activating group) is 1. The highest BCUT2D eigenvalue weighted by molar-refractivity contribution is 5.79. The van der Waals surface area contributed by atoms with Crippen molar-refractivity contribution in [1.29, 1.82) is 0 Å². The zero-order chi connectivity index (χ0) is 19.1. The van der Waals surface area contributed by atoms with E-state index < -0.39 is 0 Å². The maximum atomic E-state index is 4.47. The van der Waals surface area contributed by atoms with Crippen molar-refractivity contribution >= 4 is 5.96 Å². The first kappa shape index (κ1) is 20.7. The van der Waals surface area contributed by atoms with E-state index in [-0.39, 0.29) is 0 Å². The normalized spacial score (nSPS) is 18.2. The predicted molar refractivity (Wildman–Crippen MR) is 109 cm³/mol. The molecule has 1 saturated heterocycles. The second-order valence-electron chi connectivity index (χ2n) is 7.42. The van der Waals surface area contributed by atoms with E-state index >= 15 is 0 Å². The van der Waals surface area contributed by atoms with Crippen LogP contribution in [0.3, 0.4) is 0 Å². The molecule has 1 aliphatic heterocycles. The fraction of sp³-hybridized carbons (Fsp3) is 0.789. The first-order valence-electron chi connectivity index (χ1n) is 9.82. The van der Waals surface area contributed by atoms with Crippen LogP contribution in [0.5, 0.6) is 0 Å². The first-order valence-corrected chi connectivity index (χ1v) is 9.82. The van der Waals surface area contributed by atoms with Crippen LogP contribution in [0.4, 0.5) is 0 Å². The summed E-state index contributed by atoms with van der Waals surface area (Å²) in [5.41, 5.74) is 3.52. The molecule has 1 aliphatic rings. The van der Waals surface area contributed by atoms with Gasteiger partial charge in [-0.3, -0.25) is 9.67 Å². The summed E-state index contributed by atoms with van der Waals surface area (Å²) < 4.78 is 1.93. The maximum absolute atomic E-state index is 4.47. The van der Waals surface area contributed by atoms with Crippen LogP contribution in [0, 0.1) is 19.8 Å². The first-order chi connectivity index (χ1) is 12.4. The number of guanidine groups is 1. The maximum Gasteiger partial charge on any atom is 0.191 e. The topological polar surface area (TPSA) is 60.7 Å². The van der Waals surface area contributed by atoms with Crippen LogP contribution in [0.1, 0.15) is 30.8 Å². The van der Waals surface area contributed by atoms with Gasteiger partial charge in [0.15, 0.2) is 5.96 Å². The molecule has 0 bridgehead atoms. The number of hydrogen-bond acceptors (Lipinski definition) is 4. The highest BCUT2D eigenvalue weighted by Gasteiger charge is 2.17. The van der Waals surface area contributed by atoms with Crippen molar-refractivity contribution in [3.8, 4) is 0 Å². The van der Waals surface area contributed by atoms with Crippen LogP contribution in [-0.4, -0.2) is 78.4 Å². The SMILES string of the molecule is CCN1CCN(CC(C)CNC(=NC)NCc2c(C)nn(C)c2C)CC1. The Morgan fingerprint density at radius 2 is 1.81 bits per heavy atom. The largest absolute Gasteiger partial charge is 0.356 e. The Bertz CT molecular complexity index is 585. The molecule has 26 heavy (non-hydrogen) atoms. The average molecular weight is 364 g/mol. The lowest BCUT2D eigenvalue weighted by atomic mass is 10.1. The van der Waals surface area contributed by atoms with Crippen LogP contribution in [0.2, 0.25) is 0 Å². The molecule has 1 atom stereocenters. The van der Waals surface area contributed by atoms with Gasteiger partial charge >= 0.3 is 0 Å². The summed E-state index contributed by atoms with van der Waals surface area (Å²) in [4.78, 5) is 9.46. The molecule has 1 aromatic rings. The van der Waals surface area contributed by atoms with Crippen molar-refractivity contribution in [3.05, 3.63) is 17.0 Å². The molecule has 7 heteroatoms. The summed E-state index contributed by atoms with van der Waals surface area (Å²) in [7, 11) is 3.81. The molecule has 7 nitrogen and oxygen atoms in total. The summed E-state index contributed by atoms with van der Waals surface area (Å²) in [6.45, 7) is 17.5. The Labute approximate surface area is 158 Å². The Balaban J connectivity index is 1.72. The highest BCUT2D eigenvalue weighted by atomic mass is 15.3. The number of rotatable bonds is 7. The van der Waals surface area contributed by atoms with E-state index in [0.717, 1.165) is 31.3 Å². The molecule has 0 radical (unpaired) electrons. The third-order valence-electron chi connectivity index (χ3n) is 5.42. The van der Waals surface area contributed by atoms with Gasteiger partial charge in [0.2, 0.25) is 0 Å². The summed E-state index contributed by atoms with van der Waals surface area (Å²) in [5, 5.41) is 11.4. The molecule has 2 heterocycles. The quantitative estimate of drug-likeness (QED) is 0.559. The standard InChI is InChI=1S/C19H37N7/c1-7-25-8-10-26(11-9-25)14-15(2)12-21-19(20-5)22-13-18-16(3)23-24(6)17(18)4/h15H,7-14H2,1-6H3,(H2,20,21,22). The highest BCUT2D eigenvalue weighted by Crippen LogP contribution is 2.11. The van der Waals surface area contributed by atoms with E-state index in [9.17, 15) is 0 Å². The molecule has 0 saturated carbocycles. The zero-order valence-corrected chi connectivity index (χ0v) is 17.5. The minimum Gasteiger partial charge on any atom is -0.356 e. The molecule has 1 fully saturated rings. The Morgan fingerprint density at radius 3 is 2.35 bits per heavy atom. The van der Waals surface area contributed by atoms with Crippen molar-refractivity contribution in [2.45, 2.75) is 34.2 Å². The van der Waals surface area contributed by atoms with Crippen LogP contribution in [-0.2, 0) is 13.6 Å². The third kappa shape index (κ3) is 5.71. The number of hydrogen-bond donors (Lipinski definition) is 2. The fourth-order valence-electron chi connectivity index (χ4n) is 3.53. The van der Waals surface area contributed by atoms with E-state index in [1.54, 1.807) is 0 Å². The van der Waals surface area contributed by atoms with Gasteiger partial charge < -0.3 is 20.4 Å². The predicted octanol–water partition coefficient (Wildman–Crippen LogP) is 0.976. The van der Waals surface area contributed by atoms with Gasteiger partial charge in [0, 0.05) is 71.2 Å². The molecule has 0 spiro atoms. The number of aryl methyl sites for hydroxylation is 2. The Morgan fingerprint density at radius 1 is 1.15 bits per heavy atom. The second kappa shape index (κ2) is 9.92. The van der Waals surface area contributed by atoms with E-state index in [4.69, 9.17) is 0 Å². The lowest BCUT2D eigenvalue weighted by Gasteiger charge is -2.35. The molecule has 1 unspecified atom stereocenters. The van der Waals surface area contributed by atoms with Gasteiger partial charge in [0.1, 0.15) is 0 Å².